The number of aromatic nitrogens is 2. The monoisotopic (exact) mass is 292 g/mol. The number of benzene rings is 2. The van der Waals surface area contributed by atoms with Gasteiger partial charge in [-0.3, -0.25) is 0 Å². The van der Waals surface area contributed by atoms with E-state index < -0.39 is 0 Å². The van der Waals surface area contributed by atoms with E-state index in [-0.39, 0.29) is 0 Å². The summed E-state index contributed by atoms with van der Waals surface area (Å²) in [6.07, 6.45) is 1.14. The Morgan fingerprint density at radius 1 is 0.955 bits per heavy atom. The van der Waals surface area contributed by atoms with Crippen LogP contribution in [0.1, 0.15) is 43.6 Å². The minimum absolute atomic E-state index is 0.297. The number of rotatable bonds is 4. The number of aryl methyl sites for hydroxylation is 1. The van der Waals surface area contributed by atoms with Crippen molar-refractivity contribution in [3.05, 3.63) is 65.5 Å². The quantitative estimate of drug-likeness (QED) is 0.667. The van der Waals surface area contributed by atoms with Crippen LogP contribution in [-0.4, -0.2) is 9.55 Å². The van der Waals surface area contributed by atoms with Crippen molar-refractivity contribution in [2.24, 2.45) is 13.0 Å². The summed E-state index contributed by atoms with van der Waals surface area (Å²) in [5.41, 5.74) is 5.01. The summed E-state index contributed by atoms with van der Waals surface area (Å²) in [5, 5.41) is 0. The molecule has 0 aliphatic carbocycles. The van der Waals surface area contributed by atoms with Gasteiger partial charge in [0.1, 0.15) is 5.82 Å². The van der Waals surface area contributed by atoms with Crippen LogP contribution in [0.4, 0.5) is 0 Å². The number of nitrogens with zero attached hydrogens (tertiary/aromatic N) is 2. The Morgan fingerprint density at radius 3 is 2.27 bits per heavy atom. The standard InChI is InChI=1S/C20H24N2/c1-14(2)13-16-9-11-17(12-10-16)15(3)20-21-18-7-5-6-8-19(18)22(20)4/h5-12,14-15H,13H2,1-4H3/t15-/m0/s1. The van der Waals surface area contributed by atoms with E-state index in [1.54, 1.807) is 0 Å². The van der Waals surface area contributed by atoms with Gasteiger partial charge < -0.3 is 4.57 Å². The first-order valence-electron chi connectivity index (χ1n) is 8.06. The molecule has 3 aromatic rings. The molecule has 3 rings (SSSR count). The molecule has 2 nitrogen and oxygen atoms in total. The Labute approximate surface area is 132 Å². The third-order valence-electron chi connectivity index (χ3n) is 4.33. The zero-order valence-corrected chi connectivity index (χ0v) is 13.9. The summed E-state index contributed by atoms with van der Waals surface area (Å²) in [7, 11) is 2.11. The largest absolute Gasteiger partial charge is 0.331 e. The molecular formula is C20H24N2. The highest BCUT2D eigenvalue weighted by atomic mass is 15.1. The molecule has 2 aromatic carbocycles. The van der Waals surface area contributed by atoms with Gasteiger partial charge in [0, 0.05) is 13.0 Å². The van der Waals surface area contributed by atoms with Crippen molar-refractivity contribution in [3.63, 3.8) is 0 Å². The first-order valence-corrected chi connectivity index (χ1v) is 8.06. The molecule has 0 unspecified atom stereocenters. The van der Waals surface area contributed by atoms with Gasteiger partial charge in [-0.25, -0.2) is 4.98 Å². The molecule has 114 valence electrons. The molecule has 0 saturated heterocycles. The average molecular weight is 292 g/mol. The fourth-order valence-electron chi connectivity index (χ4n) is 3.11. The van der Waals surface area contributed by atoms with Crippen LogP contribution in [0.3, 0.4) is 0 Å². The van der Waals surface area contributed by atoms with Crippen LogP contribution in [0.5, 0.6) is 0 Å². The second kappa shape index (κ2) is 5.96. The minimum Gasteiger partial charge on any atom is -0.331 e. The number of fused-ring (bicyclic) bond motifs is 1. The molecule has 1 heterocycles. The Balaban J connectivity index is 1.92. The minimum atomic E-state index is 0.297. The van der Waals surface area contributed by atoms with E-state index in [2.05, 4.69) is 74.9 Å². The average Bonchev–Trinajstić information content (AvgIpc) is 2.84. The molecule has 0 bridgehead atoms. The normalized spacial score (nSPS) is 13.0. The van der Waals surface area contributed by atoms with E-state index in [0.29, 0.717) is 11.8 Å². The third kappa shape index (κ3) is 2.78. The van der Waals surface area contributed by atoms with Crippen LogP contribution in [0.15, 0.2) is 48.5 Å². The van der Waals surface area contributed by atoms with Gasteiger partial charge in [-0.1, -0.05) is 57.2 Å². The first kappa shape index (κ1) is 14.8. The van der Waals surface area contributed by atoms with E-state index in [9.17, 15) is 0 Å². The predicted molar refractivity (Wildman–Crippen MR) is 93.2 cm³/mol. The second-order valence-corrected chi connectivity index (χ2v) is 6.58. The second-order valence-electron chi connectivity index (χ2n) is 6.58. The van der Waals surface area contributed by atoms with Gasteiger partial charge in [0.2, 0.25) is 0 Å². The van der Waals surface area contributed by atoms with Crippen LogP contribution in [0, 0.1) is 5.92 Å². The molecule has 1 aromatic heterocycles. The summed E-state index contributed by atoms with van der Waals surface area (Å²) in [6, 6.07) is 17.3. The summed E-state index contributed by atoms with van der Waals surface area (Å²) in [5.74, 6) is 2.12. The van der Waals surface area contributed by atoms with Crippen molar-refractivity contribution in [1.82, 2.24) is 9.55 Å². The van der Waals surface area contributed by atoms with Crippen molar-refractivity contribution in [1.29, 1.82) is 0 Å². The van der Waals surface area contributed by atoms with Crippen molar-refractivity contribution >= 4 is 11.0 Å². The highest BCUT2D eigenvalue weighted by molar-refractivity contribution is 5.76. The van der Waals surface area contributed by atoms with Gasteiger partial charge in [-0.15, -0.1) is 0 Å². The number of imidazole rings is 1. The molecular weight excluding hydrogens is 268 g/mol. The molecule has 0 amide bonds. The van der Waals surface area contributed by atoms with Gasteiger partial charge >= 0.3 is 0 Å². The SMILES string of the molecule is CC(C)Cc1ccc([C@H](C)c2nc3ccccc3n2C)cc1. The van der Waals surface area contributed by atoms with Gasteiger partial charge in [-0.05, 0) is 35.6 Å². The molecule has 0 radical (unpaired) electrons. The van der Waals surface area contributed by atoms with E-state index in [1.165, 1.54) is 16.6 Å². The van der Waals surface area contributed by atoms with E-state index in [1.807, 2.05) is 6.07 Å². The fourth-order valence-corrected chi connectivity index (χ4v) is 3.11. The van der Waals surface area contributed by atoms with Crippen molar-refractivity contribution in [3.8, 4) is 0 Å². The van der Waals surface area contributed by atoms with Crippen LogP contribution in [0.25, 0.3) is 11.0 Å². The van der Waals surface area contributed by atoms with Crippen molar-refractivity contribution in [2.45, 2.75) is 33.1 Å². The van der Waals surface area contributed by atoms with E-state index in [4.69, 9.17) is 4.98 Å². The van der Waals surface area contributed by atoms with Gasteiger partial charge in [0.25, 0.3) is 0 Å². The maximum atomic E-state index is 4.82. The Bertz CT molecular complexity index is 766. The van der Waals surface area contributed by atoms with Crippen LogP contribution < -0.4 is 0 Å². The lowest BCUT2D eigenvalue weighted by Gasteiger charge is -2.13. The molecule has 1 atom stereocenters. The summed E-state index contributed by atoms with van der Waals surface area (Å²) in [4.78, 5) is 4.82. The van der Waals surface area contributed by atoms with Crippen LogP contribution in [-0.2, 0) is 13.5 Å². The van der Waals surface area contributed by atoms with Crippen molar-refractivity contribution in [2.75, 3.05) is 0 Å². The van der Waals surface area contributed by atoms with Gasteiger partial charge in [0.05, 0.1) is 11.0 Å². The summed E-state index contributed by atoms with van der Waals surface area (Å²) >= 11 is 0. The lowest BCUT2D eigenvalue weighted by molar-refractivity contribution is 0.647. The molecule has 0 saturated carbocycles. The zero-order valence-electron chi connectivity index (χ0n) is 13.9. The highest BCUT2D eigenvalue weighted by Gasteiger charge is 2.16. The molecule has 22 heavy (non-hydrogen) atoms. The zero-order chi connectivity index (χ0) is 15.7. The molecule has 0 spiro atoms. The number of para-hydroxylation sites is 2. The first-order chi connectivity index (χ1) is 10.6. The molecule has 0 aliphatic rings. The molecule has 0 N–H and O–H groups in total. The lowest BCUT2D eigenvalue weighted by Crippen LogP contribution is -2.05. The molecule has 0 aliphatic heterocycles. The molecule has 0 fully saturated rings. The number of hydrogen-bond acceptors (Lipinski definition) is 1. The molecule has 2 heteroatoms. The summed E-state index contributed by atoms with van der Waals surface area (Å²) in [6.45, 7) is 6.75. The van der Waals surface area contributed by atoms with E-state index >= 15 is 0 Å². The third-order valence-corrected chi connectivity index (χ3v) is 4.33. The maximum absolute atomic E-state index is 4.82. The highest BCUT2D eigenvalue weighted by Crippen LogP contribution is 2.26. The lowest BCUT2D eigenvalue weighted by atomic mass is 9.96. The van der Waals surface area contributed by atoms with Gasteiger partial charge in [-0.2, -0.15) is 0 Å². The Morgan fingerprint density at radius 2 is 1.64 bits per heavy atom. The Hall–Kier alpha value is -2.09. The number of hydrogen-bond donors (Lipinski definition) is 0. The predicted octanol–water partition coefficient (Wildman–Crippen LogP) is 4.92. The van der Waals surface area contributed by atoms with Crippen LogP contribution >= 0.6 is 0 Å². The summed E-state index contributed by atoms with van der Waals surface area (Å²) < 4.78 is 2.21. The maximum Gasteiger partial charge on any atom is 0.116 e. The topological polar surface area (TPSA) is 17.8 Å². The van der Waals surface area contributed by atoms with E-state index in [0.717, 1.165) is 17.8 Å². The fraction of sp³-hybridized carbons (Fsp3) is 0.350. The van der Waals surface area contributed by atoms with Crippen LogP contribution in [0.2, 0.25) is 0 Å². The van der Waals surface area contributed by atoms with Crippen molar-refractivity contribution < 1.29 is 0 Å². The van der Waals surface area contributed by atoms with Gasteiger partial charge in [0.15, 0.2) is 0 Å². The smallest absolute Gasteiger partial charge is 0.116 e. The Kier molecular flexibility index (Phi) is 4.02.